The van der Waals surface area contributed by atoms with Gasteiger partial charge < -0.3 is 30.0 Å². The summed E-state index contributed by atoms with van der Waals surface area (Å²) in [5, 5.41) is 2.42. The van der Waals surface area contributed by atoms with Crippen LogP contribution >= 0.6 is 0 Å². The minimum atomic E-state index is -4.95. The number of methoxy groups -OCH3 is 1. The minimum absolute atomic E-state index is 0.154. The first-order valence-electron chi connectivity index (χ1n) is 19.7. The Kier molecular flexibility index (Phi) is 9.53. The molecule has 10 nitrogen and oxygen atoms in total. The smallest absolute Gasteiger partial charge is 0.407 e. The maximum absolute atomic E-state index is 15.2. The summed E-state index contributed by atoms with van der Waals surface area (Å²) < 4.78 is 105. The van der Waals surface area contributed by atoms with Crippen LogP contribution in [-0.4, -0.2) is 74.2 Å². The fourth-order valence-electron chi connectivity index (χ4n) is 7.10. The molecule has 0 aromatic heterocycles. The number of rotatable bonds is 13. The molecule has 2 saturated heterocycles. The third-order valence-corrected chi connectivity index (χ3v) is 13.3. The van der Waals surface area contributed by atoms with Gasteiger partial charge in [0.15, 0.2) is 5.79 Å². The van der Waals surface area contributed by atoms with E-state index in [9.17, 15) is 11.6 Å². The molecule has 2 aromatic rings. The fourth-order valence-corrected chi connectivity index (χ4v) is 9.04. The summed E-state index contributed by atoms with van der Waals surface area (Å²) >= 11 is 0. The highest BCUT2D eigenvalue weighted by molar-refractivity contribution is 7.89. The summed E-state index contributed by atoms with van der Waals surface area (Å²) in [6, 6.07) is 7.52. The second kappa shape index (κ2) is 14.4. The summed E-state index contributed by atoms with van der Waals surface area (Å²) in [4.78, 5) is 14.0. The Balaban J connectivity index is 2.03. The number of ether oxygens (including phenoxy) is 4. The number of nitrogen functional groups attached to an aromatic ring is 1. The third-order valence-electron chi connectivity index (χ3n) is 11.3. The molecular formula is C39H61N3O7S. The molecule has 280 valence electrons. The highest BCUT2D eigenvalue weighted by Crippen LogP contribution is 2.50. The molecule has 2 aliphatic rings. The number of sulfonamides is 1. The summed E-state index contributed by atoms with van der Waals surface area (Å²) in [7, 11) is -3.99. The zero-order chi connectivity index (χ0) is 42.2. The molecule has 0 radical (unpaired) electrons. The van der Waals surface area contributed by atoms with Crippen molar-refractivity contribution in [2.45, 2.75) is 135 Å². The number of amides is 1. The van der Waals surface area contributed by atoms with Crippen LogP contribution in [0.5, 0.6) is 0 Å². The van der Waals surface area contributed by atoms with Gasteiger partial charge in [-0.2, -0.15) is 4.31 Å². The molecule has 1 unspecified atom stereocenters. The number of benzene rings is 2. The van der Waals surface area contributed by atoms with E-state index in [4.69, 9.17) is 24.7 Å². The molecule has 0 aliphatic carbocycles. The first-order valence-corrected chi connectivity index (χ1v) is 18.6. The van der Waals surface area contributed by atoms with Crippen molar-refractivity contribution in [1.29, 1.82) is 0 Å². The van der Waals surface area contributed by atoms with Crippen molar-refractivity contribution in [3.05, 3.63) is 59.2 Å². The monoisotopic (exact) mass is 720 g/mol. The molecule has 3 N–H and O–H groups in total. The van der Waals surface area contributed by atoms with E-state index in [0.717, 1.165) is 7.11 Å². The van der Waals surface area contributed by atoms with Crippen LogP contribution in [0.3, 0.4) is 0 Å². The van der Waals surface area contributed by atoms with Gasteiger partial charge in [0.05, 0.1) is 32.3 Å². The van der Waals surface area contributed by atoms with Gasteiger partial charge in [0.2, 0.25) is 10.0 Å². The fraction of sp³-hybridized carbons (Fsp3) is 0.667. The number of alkyl carbamates (subject to hydrolysis) is 1. The number of nitrogens with zero attached hydrogens (tertiary/aromatic N) is 1. The third kappa shape index (κ3) is 7.44. The van der Waals surface area contributed by atoms with Gasteiger partial charge in [0.1, 0.15) is 11.7 Å². The van der Waals surface area contributed by atoms with E-state index < -0.39 is 75.0 Å². The van der Waals surface area contributed by atoms with Gasteiger partial charge in [-0.05, 0) is 101 Å². The maximum atomic E-state index is 15.2. The molecule has 4 rings (SSSR count). The molecule has 50 heavy (non-hydrogen) atoms. The zero-order valence-electron chi connectivity index (χ0n) is 37.0. The van der Waals surface area contributed by atoms with Gasteiger partial charge in [0, 0.05) is 34.8 Å². The van der Waals surface area contributed by atoms with Crippen LogP contribution in [0.25, 0.3) is 0 Å². The number of nitrogens with two attached hydrogens (primary N) is 1. The first-order chi connectivity index (χ1) is 24.8. The van der Waals surface area contributed by atoms with Crippen molar-refractivity contribution in [3.63, 3.8) is 0 Å². The Bertz CT molecular complexity index is 1890. The topological polar surface area (TPSA) is 129 Å². The van der Waals surface area contributed by atoms with Gasteiger partial charge in [-0.3, -0.25) is 0 Å². The molecule has 1 amide bonds. The number of hydrogen-bond acceptors (Lipinski definition) is 8. The second-order valence-corrected chi connectivity index (χ2v) is 17.4. The Morgan fingerprint density at radius 2 is 1.76 bits per heavy atom. The van der Waals surface area contributed by atoms with E-state index >= 15 is 8.42 Å². The van der Waals surface area contributed by atoms with Crippen LogP contribution in [0.4, 0.5) is 10.5 Å². The lowest BCUT2D eigenvalue weighted by Crippen LogP contribution is -2.62. The molecule has 2 aromatic carbocycles. The Morgan fingerprint density at radius 1 is 1.12 bits per heavy atom. The first kappa shape index (κ1) is 33.2. The van der Waals surface area contributed by atoms with Crippen LogP contribution in [0, 0.1) is 31.1 Å². The average Bonchev–Trinajstić information content (AvgIpc) is 3.49. The molecule has 0 saturated carbocycles. The van der Waals surface area contributed by atoms with E-state index in [1.807, 2.05) is 13.8 Å². The van der Waals surface area contributed by atoms with Crippen molar-refractivity contribution in [1.82, 2.24) is 9.62 Å². The number of nitrogens with one attached hydrogen (secondary N) is 1. The molecule has 2 fully saturated rings. The standard InChI is InChI=1S/C39H61N3O7S/c1-24(2)36(6,7)38(10,11)42(50(44,45)32-19-18-28(40)22-26(32)4)23-31(46-13)33(27(5)29-17-15-14-16-25(29)3)41-35(43)48-34-30-20-21-47-39(30,12)49-37(34,8)9/h14-19,22,24,27,30-31,33-34H,20-21,23,40H2,1-13H3,(H,41,43)/t27?,30-,31+,33-,34+,39+/m0/s1/i23D2,27D,31D,33D. The molecule has 0 bridgehead atoms. The van der Waals surface area contributed by atoms with Crippen molar-refractivity contribution in [3.8, 4) is 0 Å². The van der Waals surface area contributed by atoms with Crippen LogP contribution in [0.15, 0.2) is 47.4 Å². The molecule has 2 heterocycles. The molecular weight excluding hydrogens is 655 g/mol. The normalized spacial score (nSPS) is 27.9. The highest BCUT2D eigenvalue weighted by Gasteiger charge is 2.61. The number of carbonyl (C=O) groups excluding carboxylic acids is 1. The Morgan fingerprint density at radius 3 is 2.34 bits per heavy atom. The van der Waals surface area contributed by atoms with Crippen LogP contribution < -0.4 is 11.1 Å². The van der Waals surface area contributed by atoms with Crippen molar-refractivity contribution >= 4 is 21.8 Å². The number of anilines is 1. The van der Waals surface area contributed by atoms with E-state index in [2.05, 4.69) is 5.32 Å². The zero-order valence-corrected chi connectivity index (χ0v) is 32.8. The lowest BCUT2D eigenvalue weighted by Gasteiger charge is -2.52. The molecule has 0 spiro atoms. The second-order valence-electron chi connectivity index (χ2n) is 15.6. The largest absolute Gasteiger partial charge is 0.443 e. The summed E-state index contributed by atoms with van der Waals surface area (Å²) in [6.45, 7) is 17.0. The lowest BCUT2D eigenvalue weighted by atomic mass is 9.67. The van der Waals surface area contributed by atoms with Gasteiger partial charge in [0.25, 0.3) is 0 Å². The predicted octanol–water partition coefficient (Wildman–Crippen LogP) is 7.18. The van der Waals surface area contributed by atoms with Crippen LogP contribution in [0.2, 0.25) is 0 Å². The summed E-state index contributed by atoms with van der Waals surface area (Å²) in [5.74, 6) is -4.09. The molecule has 11 heteroatoms. The highest BCUT2D eigenvalue weighted by atomic mass is 32.2. The average molecular weight is 721 g/mol. The van der Waals surface area contributed by atoms with Crippen molar-refractivity contribution in [2.75, 3.05) is 25.9 Å². The quantitative estimate of drug-likeness (QED) is 0.208. The van der Waals surface area contributed by atoms with Gasteiger partial charge in [-0.25, -0.2) is 13.2 Å². The molecule has 2 aliphatic heterocycles. The molecule has 6 atom stereocenters. The van der Waals surface area contributed by atoms with E-state index in [1.165, 1.54) is 38.1 Å². The number of carbonyl (C=O) groups is 1. The van der Waals surface area contributed by atoms with Crippen molar-refractivity contribution < 1.29 is 39.0 Å². The summed E-state index contributed by atoms with van der Waals surface area (Å²) in [5.41, 5.74) is 3.46. The number of aryl methyl sites for hydroxylation is 2. The van der Waals surface area contributed by atoms with Crippen molar-refractivity contribution in [2.24, 2.45) is 17.3 Å². The Hall–Kier alpha value is -2.70. The van der Waals surface area contributed by atoms with Gasteiger partial charge in [-0.1, -0.05) is 58.9 Å². The van der Waals surface area contributed by atoms with E-state index in [-0.39, 0.29) is 27.6 Å². The SMILES string of the molecule is [2H]C(C)(c1ccccc1C)[C@]([2H])(NC(=O)O[C@@H]1[C@@H]2CCO[C@]2(C)OC1(C)C)[C@]([2H])(OC)C([2H])([2H])N(C(C)(C)C(C)(C)C(C)C)S(=O)(=O)c1ccc(N)cc1C. The minimum Gasteiger partial charge on any atom is -0.443 e. The van der Waals surface area contributed by atoms with E-state index in [1.54, 1.807) is 73.6 Å². The van der Waals surface area contributed by atoms with Gasteiger partial charge >= 0.3 is 6.09 Å². The van der Waals surface area contributed by atoms with Gasteiger partial charge in [-0.15, -0.1) is 0 Å². The predicted molar refractivity (Wildman–Crippen MR) is 197 cm³/mol. The number of fused-ring (bicyclic) bond motifs is 1. The van der Waals surface area contributed by atoms with E-state index in [0.29, 0.717) is 22.9 Å². The van der Waals surface area contributed by atoms with Crippen LogP contribution in [0.1, 0.15) is 105 Å². The maximum Gasteiger partial charge on any atom is 0.407 e. The Labute approximate surface area is 307 Å². The number of hydrogen-bond donors (Lipinski definition) is 2. The van der Waals surface area contributed by atoms with Crippen LogP contribution in [-0.2, 0) is 29.0 Å². The summed E-state index contributed by atoms with van der Waals surface area (Å²) in [6.07, 6.45) is -5.06. The lowest BCUT2D eigenvalue weighted by molar-refractivity contribution is -0.223.